The minimum absolute atomic E-state index is 0.128. The highest BCUT2D eigenvalue weighted by Crippen LogP contribution is 2.43. The number of rotatable bonds is 6. The third kappa shape index (κ3) is 3.57. The number of aromatic nitrogens is 3. The molecule has 170 valence electrons. The van der Waals surface area contributed by atoms with Gasteiger partial charge >= 0.3 is 11.9 Å². The molecule has 1 aromatic carbocycles. The van der Waals surface area contributed by atoms with Crippen LogP contribution in [0.1, 0.15) is 46.7 Å². The molecule has 9 heteroatoms. The fraction of sp³-hybridized carbons (Fsp3) is 0.435. The number of ether oxygens (including phenoxy) is 2. The maximum absolute atomic E-state index is 12.7. The van der Waals surface area contributed by atoms with Crippen LogP contribution < -0.4 is 0 Å². The van der Waals surface area contributed by atoms with Crippen molar-refractivity contribution in [3.8, 4) is 11.1 Å². The van der Waals surface area contributed by atoms with Crippen LogP contribution in [-0.2, 0) is 47.3 Å². The molecule has 1 aliphatic heterocycles. The number of aliphatic hydroxyl groups is 1. The van der Waals surface area contributed by atoms with E-state index in [1.54, 1.807) is 17.7 Å². The van der Waals surface area contributed by atoms with Crippen molar-refractivity contribution in [2.24, 2.45) is 7.05 Å². The van der Waals surface area contributed by atoms with Crippen LogP contribution in [0.3, 0.4) is 0 Å². The van der Waals surface area contributed by atoms with E-state index in [4.69, 9.17) is 21.1 Å². The van der Waals surface area contributed by atoms with Gasteiger partial charge in [-0.15, -0.1) is 0 Å². The lowest BCUT2D eigenvalue weighted by Gasteiger charge is -2.16. The van der Waals surface area contributed by atoms with Gasteiger partial charge in [-0.3, -0.25) is 9.48 Å². The number of methoxy groups -OCH3 is 2. The van der Waals surface area contributed by atoms with Gasteiger partial charge in [0.1, 0.15) is 5.69 Å². The van der Waals surface area contributed by atoms with Crippen molar-refractivity contribution in [2.45, 2.75) is 45.3 Å². The molecule has 0 fully saturated rings. The van der Waals surface area contributed by atoms with Gasteiger partial charge in [0.15, 0.2) is 0 Å². The van der Waals surface area contributed by atoms with Gasteiger partial charge in [0, 0.05) is 42.2 Å². The van der Waals surface area contributed by atoms with Crippen molar-refractivity contribution < 1.29 is 24.2 Å². The maximum Gasteiger partial charge on any atom is 0.354 e. The van der Waals surface area contributed by atoms with Crippen molar-refractivity contribution in [3.05, 3.63) is 39.8 Å². The smallest absolute Gasteiger partial charge is 0.354 e. The number of esters is 2. The van der Waals surface area contributed by atoms with Crippen LogP contribution in [-0.4, -0.2) is 45.6 Å². The average Bonchev–Trinajstić information content (AvgIpc) is 3.32. The molecule has 4 rings (SSSR count). The van der Waals surface area contributed by atoms with Crippen molar-refractivity contribution in [1.29, 1.82) is 0 Å². The lowest BCUT2D eigenvalue weighted by Crippen LogP contribution is -2.12. The van der Waals surface area contributed by atoms with Crippen LogP contribution in [0.15, 0.2) is 12.1 Å². The summed E-state index contributed by atoms with van der Waals surface area (Å²) in [4.78, 5) is 24.6. The zero-order chi connectivity index (χ0) is 23.0. The quantitative estimate of drug-likeness (QED) is 0.567. The highest BCUT2D eigenvalue weighted by atomic mass is 35.5. The number of hydrogen-bond donors (Lipinski definition) is 1. The molecule has 0 spiro atoms. The molecule has 0 radical (unpaired) electrons. The van der Waals surface area contributed by atoms with Gasteiger partial charge in [-0.05, 0) is 37.3 Å². The molecule has 1 N–H and O–H groups in total. The molecular weight excluding hydrogens is 434 g/mol. The van der Waals surface area contributed by atoms with Gasteiger partial charge in [0.05, 0.1) is 37.1 Å². The Morgan fingerprint density at radius 2 is 1.97 bits per heavy atom. The summed E-state index contributed by atoms with van der Waals surface area (Å²) in [5.74, 6) is -0.856. The molecule has 2 aromatic heterocycles. The van der Waals surface area contributed by atoms with Crippen molar-refractivity contribution in [2.75, 3.05) is 14.2 Å². The van der Waals surface area contributed by atoms with E-state index in [1.807, 2.05) is 10.7 Å². The van der Waals surface area contributed by atoms with Crippen LogP contribution >= 0.6 is 11.6 Å². The van der Waals surface area contributed by atoms with E-state index in [9.17, 15) is 14.7 Å². The number of benzene rings is 1. The number of hydrogen-bond acceptors (Lipinski definition) is 6. The molecule has 1 aliphatic rings. The number of halogens is 1. The number of aliphatic hydroxyl groups excluding tert-OH is 1. The molecule has 0 saturated carbocycles. The SMILES string of the molecule is COC(=O)CCc1c(C(=O)OC)n(C)c2c(-c3c(CO)nn4c3CCCC4)c(Cl)ccc12. The second-order valence-corrected chi connectivity index (χ2v) is 8.29. The van der Waals surface area contributed by atoms with E-state index >= 15 is 0 Å². The molecule has 0 amide bonds. The molecule has 8 nitrogen and oxygen atoms in total. The first kappa shape index (κ1) is 22.4. The second-order valence-electron chi connectivity index (χ2n) is 7.88. The maximum atomic E-state index is 12.7. The van der Waals surface area contributed by atoms with E-state index in [-0.39, 0.29) is 19.0 Å². The highest BCUT2D eigenvalue weighted by molar-refractivity contribution is 6.35. The molecule has 0 unspecified atom stereocenters. The molecule has 0 atom stereocenters. The van der Waals surface area contributed by atoms with Crippen LogP contribution in [0, 0.1) is 0 Å². The summed E-state index contributed by atoms with van der Waals surface area (Å²) in [6, 6.07) is 3.64. The number of aryl methyl sites for hydroxylation is 3. The summed E-state index contributed by atoms with van der Waals surface area (Å²) in [6.45, 7) is 0.576. The molecule has 3 heterocycles. The lowest BCUT2D eigenvalue weighted by molar-refractivity contribution is -0.140. The number of fused-ring (bicyclic) bond motifs is 2. The Kier molecular flexibility index (Phi) is 6.26. The highest BCUT2D eigenvalue weighted by Gasteiger charge is 2.29. The van der Waals surface area contributed by atoms with Crippen LogP contribution in [0.5, 0.6) is 0 Å². The molecular formula is C23H26ClN3O5. The second kappa shape index (κ2) is 8.96. The monoisotopic (exact) mass is 459 g/mol. The summed E-state index contributed by atoms with van der Waals surface area (Å²) >= 11 is 6.74. The van der Waals surface area contributed by atoms with Crippen LogP contribution in [0.25, 0.3) is 22.0 Å². The van der Waals surface area contributed by atoms with E-state index in [2.05, 4.69) is 5.10 Å². The standard InChI is InChI=1S/C23H26ClN3O5/c1-26-21-13(14(8-10-18(29)31-2)22(26)23(30)32-3)7-9-15(24)19(21)20-16(12-28)25-27-11-5-4-6-17(20)27/h7,9,28H,4-6,8,10-12H2,1-3H3. The van der Waals surface area contributed by atoms with Gasteiger partial charge in [-0.25, -0.2) is 4.79 Å². The number of carbonyl (C=O) groups is 2. The first-order chi connectivity index (χ1) is 15.4. The predicted octanol–water partition coefficient (Wildman–Crippen LogP) is 3.42. The Hall–Kier alpha value is -2.84. The Bertz CT molecular complexity index is 1210. The first-order valence-corrected chi connectivity index (χ1v) is 10.9. The summed E-state index contributed by atoms with van der Waals surface area (Å²) in [7, 11) is 4.45. The zero-order valence-electron chi connectivity index (χ0n) is 18.4. The fourth-order valence-electron chi connectivity index (χ4n) is 4.72. The normalized spacial score (nSPS) is 13.3. The third-order valence-corrected chi connectivity index (χ3v) is 6.47. The topological polar surface area (TPSA) is 95.6 Å². The number of nitrogens with zero attached hydrogens (tertiary/aromatic N) is 3. The Morgan fingerprint density at radius 1 is 1.19 bits per heavy atom. The van der Waals surface area contributed by atoms with Crippen molar-refractivity contribution in [1.82, 2.24) is 14.3 Å². The van der Waals surface area contributed by atoms with E-state index in [0.29, 0.717) is 28.4 Å². The zero-order valence-corrected chi connectivity index (χ0v) is 19.2. The molecule has 0 bridgehead atoms. The van der Waals surface area contributed by atoms with Gasteiger partial charge < -0.3 is 19.1 Å². The summed E-state index contributed by atoms with van der Waals surface area (Å²) < 4.78 is 13.6. The van der Waals surface area contributed by atoms with Gasteiger partial charge in [0.25, 0.3) is 0 Å². The fourth-order valence-corrected chi connectivity index (χ4v) is 4.97. The minimum Gasteiger partial charge on any atom is -0.469 e. The van der Waals surface area contributed by atoms with Gasteiger partial charge in [0.2, 0.25) is 0 Å². The van der Waals surface area contributed by atoms with Crippen molar-refractivity contribution >= 4 is 34.4 Å². The van der Waals surface area contributed by atoms with Crippen molar-refractivity contribution in [3.63, 3.8) is 0 Å². The Labute approximate surface area is 190 Å². The van der Waals surface area contributed by atoms with Gasteiger partial charge in [-0.1, -0.05) is 17.7 Å². The van der Waals surface area contributed by atoms with Crippen LogP contribution in [0.2, 0.25) is 5.02 Å². The third-order valence-electron chi connectivity index (χ3n) is 6.16. The Morgan fingerprint density at radius 3 is 2.66 bits per heavy atom. The average molecular weight is 460 g/mol. The van der Waals surface area contributed by atoms with Gasteiger partial charge in [-0.2, -0.15) is 5.10 Å². The number of carbonyl (C=O) groups excluding carboxylic acids is 2. The molecule has 0 aliphatic carbocycles. The molecule has 3 aromatic rings. The Balaban J connectivity index is 2.03. The summed E-state index contributed by atoms with van der Waals surface area (Å²) in [5.41, 5.74) is 4.95. The van der Waals surface area contributed by atoms with E-state index < -0.39 is 5.97 Å². The summed E-state index contributed by atoms with van der Waals surface area (Å²) in [5, 5.41) is 16.0. The predicted molar refractivity (Wildman–Crippen MR) is 120 cm³/mol. The molecule has 0 saturated heterocycles. The largest absolute Gasteiger partial charge is 0.469 e. The van der Waals surface area contributed by atoms with E-state index in [0.717, 1.165) is 53.5 Å². The first-order valence-electron chi connectivity index (χ1n) is 10.6. The van der Waals surface area contributed by atoms with E-state index in [1.165, 1.54) is 14.2 Å². The molecule has 32 heavy (non-hydrogen) atoms. The minimum atomic E-state index is -0.495. The lowest BCUT2D eigenvalue weighted by atomic mass is 9.95. The summed E-state index contributed by atoms with van der Waals surface area (Å²) in [6.07, 6.45) is 3.34. The van der Waals surface area contributed by atoms with Crippen LogP contribution in [0.4, 0.5) is 0 Å².